The Bertz CT molecular complexity index is 1330. The van der Waals surface area contributed by atoms with Crippen molar-refractivity contribution in [2.75, 3.05) is 0 Å². The molecule has 3 rings (SSSR count). The second-order valence-electron chi connectivity index (χ2n) is 12.1. The Morgan fingerprint density at radius 2 is 1.33 bits per heavy atom. The highest BCUT2D eigenvalue weighted by molar-refractivity contribution is 5.95. The molecule has 0 spiro atoms. The molecule has 11 nitrogen and oxygen atoms in total. The van der Waals surface area contributed by atoms with Gasteiger partial charge in [-0.2, -0.15) is 0 Å². The van der Waals surface area contributed by atoms with Crippen molar-refractivity contribution in [3.05, 3.63) is 71.8 Å². The molecule has 13 heteroatoms. The lowest BCUT2D eigenvalue weighted by molar-refractivity contribution is -0.138. The van der Waals surface area contributed by atoms with Gasteiger partial charge in [0.25, 0.3) is 0 Å². The van der Waals surface area contributed by atoms with E-state index in [1.807, 2.05) is 0 Å². The Balaban J connectivity index is 1.91. The number of nitrogens with one attached hydrogen (secondary N) is 4. The fraction of sp³-hybridized carbons (Fsp3) is 0.486. The number of carbonyl (C=O) groups excluding carboxylic acids is 5. The highest BCUT2D eigenvalue weighted by Crippen LogP contribution is 2.29. The van der Waals surface area contributed by atoms with Crippen LogP contribution in [-0.4, -0.2) is 71.6 Å². The largest absolute Gasteiger partial charge is 0.481 e. The fourth-order valence-corrected chi connectivity index (χ4v) is 6.10. The summed E-state index contributed by atoms with van der Waals surface area (Å²) in [4.78, 5) is 76.4. The Labute approximate surface area is 278 Å². The molecule has 2 aromatic rings. The van der Waals surface area contributed by atoms with Crippen molar-refractivity contribution in [1.29, 1.82) is 0 Å². The van der Waals surface area contributed by atoms with Crippen LogP contribution in [0.4, 0.5) is 8.78 Å². The van der Waals surface area contributed by atoms with E-state index in [2.05, 4.69) is 21.3 Å². The number of hydrogen-bond donors (Lipinski definition) is 5. The van der Waals surface area contributed by atoms with Crippen LogP contribution in [0.15, 0.2) is 60.7 Å². The van der Waals surface area contributed by atoms with Crippen molar-refractivity contribution in [2.24, 2.45) is 5.92 Å². The molecule has 1 fully saturated rings. The van der Waals surface area contributed by atoms with Gasteiger partial charge in [0.2, 0.25) is 30.1 Å². The van der Waals surface area contributed by atoms with Crippen molar-refractivity contribution < 1.29 is 42.7 Å². The first kappa shape index (κ1) is 37.8. The van der Waals surface area contributed by atoms with E-state index in [1.54, 1.807) is 60.7 Å². The molecule has 0 radical (unpaired) electrons. The first-order chi connectivity index (χ1) is 23.0. The molecule has 0 unspecified atom stereocenters. The molecule has 2 aromatic carbocycles. The Morgan fingerprint density at radius 3 is 1.83 bits per heavy atom. The Morgan fingerprint density at radius 1 is 0.792 bits per heavy atom. The summed E-state index contributed by atoms with van der Waals surface area (Å²) in [6, 6.07) is 12.5. The van der Waals surface area contributed by atoms with Crippen LogP contribution in [-0.2, 0) is 28.8 Å². The van der Waals surface area contributed by atoms with Gasteiger partial charge in [-0.05, 0) is 29.9 Å². The van der Waals surface area contributed by atoms with Crippen LogP contribution in [0.3, 0.4) is 0 Å². The first-order valence-electron chi connectivity index (χ1n) is 16.2. The van der Waals surface area contributed by atoms with E-state index in [0.717, 1.165) is 32.1 Å². The van der Waals surface area contributed by atoms with E-state index in [1.165, 1.54) is 6.92 Å². The number of amides is 4. The number of rotatable bonds is 18. The van der Waals surface area contributed by atoms with E-state index in [0.29, 0.717) is 11.1 Å². The topological polar surface area (TPSA) is 171 Å². The molecule has 4 amide bonds. The highest BCUT2D eigenvalue weighted by Gasteiger charge is 2.36. The van der Waals surface area contributed by atoms with Crippen LogP contribution < -0.4 is 21.3 Å². The van der Waals surface area contributed by atoms with Gasteiger partial charge >= 0.3 is 5.97 Å². The average molecular weight is 671 g/mol. The number of alkyl halides is 2. The summed E-state index contributed by atoms with van der Waals surface area (Å²) in [6.45, 7) is 1.25. The number of carboxylic acid groups (broad SMARTS) is 1. The molecule has 48 heavy (non-hydrogen) atoms. The number of carbonyl (C=O) groups is 6. The van der Waals surface area contributed by atoms with E-state index in [-0.39, 0.29) is 25.0 Å². The van der Waals surface area contributed by atoms with Gasteiger partial charge < -0.3 is 31.2 Å². The number of carboxylic acids is 1. The minimum atomic E-state index is -2.85. The number of hydrogen-bond acceptors (Lipinski definition) is 6. The first-order valence-corrected chi connectivity index (χ1v) is 16.2. The molecule has 0 aromatic heterocycles. The van der Waals surface area contributed by atoms with Gasteiger partial charge in [-0.3, -0.25) is 24.0 Å². The molecule has 1 aliphatic rings. The summed E-state index contributed by atoms with van der Waals surface area (Å²) in [5.41, 5.74) is 1.39. The molecule has 0 bridgehead atoms. The van der Waals surface area contributed by atoms with Crippen LogP contribution in [0.1, 0.15) is 81.8 Å². The predicted octanol–water partition coefficient (Wildman–Crippen LogP) is 3.47. The molecule has 1 aliphatic carbocycles. The third-order valence-electron chi connectivity index (χ3n) is 8.42. The third-order valence-corrected chi connectivity index (χ3v) is 8.42. The number of aldehydes is 1. The average Bonchev–Trinajstić information content (AvgIpc) is 3.06. The van der Waals surface area contributed by atoms with Crippen LogP contribution in [0.2, 0.25) is 0 Å². The summed E-state index contributed by atoms with van der Waals surface area (Å²) in [7, 11) is 0. The lowest BCUT2D eigenvalue weighted by Gasteiger charge is -2.31. The molecule has 1 saturated carbocycles. The minimum absolute atomic E-state index is 0.0355. The van der Waals surface area contributed by atoms with E-state index < -0.39 is 79.0 Å². The zero-order valence-corrected chi connectivity index (χ0v) is 26.9. The zero-order valence-electron chi connectivity index (χ0n) is 26.9. The summed E-state index contributed by atoms with van der Waals surface area (Å²) >= 11 is 0. The fourth-order valence-electron chi connectivity index (χ4n) is 6.10. The Kier molecular flexibility index (Phi) is 15.1. The lowest BCUT2D eigenvalue weighted by Crippen LogP contribution is -2.58. The van der Waals surface area contributed by atoms with Crippen LogP contribution in [0.25, 0.3) is 0 Å². The van der Waals surface area contributed by atoms with Crippen LogP contribution in [0, 0.1) is 5.92 Å². The van der Waals surface area contributed by atoms with Crippen molar-refractivity contribution in [2.45, 2.75) is 101 Å². The molecular formula is C35H44F2N4O7. The maximum atomic E-state index is 14.0. The van der Waals surface area contributed by atoms with Gasteiger partial charge in [-0.15, -0.1) is 0 Å². The third kappa shape index (κ3) is 12.2. The Hall–Kier alpha value is -4.68. The van der Waals surface area contributed by atoms with Gasteiger partial charge in [0, 0.05) is 25.7 Å². The molecule has 5 N–H and O–H groups in total. The number of benzene rings is 2. The normalized spacial score (nSPS) is 15.9. The van der Waals surface area contributed by atoms with E-state index >= 15 is 0 Å². The molecule has 0 saturated heterocycles. The van der Waals surface area contributed by atoms with Gasteiger partial charge in [0.05, 0.1) is 6.04 Å². The standard InChI is InChI=1S/C35H44F2N4O7/c1-22(43)38-32(31(24-13-7-3-8-14-24)25-15-9-4-10-16-25)35(48)40-27(17-18-30(44)45)33(46)41-28(19-23-11-5-2-6-12-23)34(47)39-26(21-42)20-29(36)37/h3-4,7-10,13-16,21,23,26-29,31-32H,2,5-6,11-12,17-20H2,1H3,(H,38,43)(H,39,47)(H,40,48)(H,41,46)(H,44,45)/t26-,27-,28-,32-/m0/s1. The van der Waals surface area contributed by atoms with Crippen molar-refractivity contribution in [1.82, 2.24) is 21.3 Å². The molecule has 4 atom stereocenters. The second-order valence-corrected chi connectivity index (χ2v) is 12.1. The second kappa shape index (κ2) is 19.2. The van der Waals surface area contributed by atoms with Gasteiger partial charge in [0.15, 0.2) is 0 Å². The molecule has 260 valence electrons. The summed E-state index contributed by atoms with van der Waals surface area (Å²) < 4.78 is 26.0. The summed E-state index contributed by atoms with van der Waals surface area (Å²) in [5, 5.41) is 19.6. The number of aliphatic carboxylic acids is 1. The van der Waals surface area contributed by atoms with Crippen molar-refractivity contribution in [3.63, 3.8) is 0 Å². The van der Waals surface area contributed by atoms with Crippen molar-refractivity contribution in [3.8, 4) is 0 Å². The van der Waals surface area contributed by atoms with Gasteiger partial charge in [0.1, 0.15) is 24.4 Å². The highest BCUT2D eigenvalue weighted by atomic mass is 19.3. The van der Waals surface area contributed by atoms with E-state index in [9.17, 15) is 42.7 Å². The molecular weight excluding hydrogens is 626 g/mol. The van der Waals surface area contributed by atoms with Crippen LogP contribution >= 0.6 is 0 Å². The smallest absolute Gasteiger partial charge is 0.303 e. The van der Waals surface area contributed by atoms with Crippen molar-refractivity contribution >= 4 is 35.9 Å². The quantitative estimate of drug-likeness (QED) is 0.151. The minimum Gasteiger partial charge on any atom is -0.481 e. The predicted molar refractivity (Wildman–Crippen MR) is 173 cm³/mol. The molecule has 0 aliphatic heterocycles. The zero-order chi connectivity index (χ0) is 35.1. The maximum Gasteiger partial charge on any atom is 0.303 e. The lowest BCUT2D eigenvalue weighted by atomic mass is 9.84. The van der Waals surface area contributed by atoms with Gasteiger partial charge in [-0.25, -0.2) is 8.78 Å². The van der Waals surface area contributed by atoms with Gasteiger partial charge in [-0.1, -0.05) is 92.8 Å². The monoisotopic (exact) mass is 670 g/mol. The van der Waals surface area contributed by atoms with E-state index in [4.69, 9.17) is 0 Å². The maximum absolute atomic E-state index is 14.0. The summed E-state index contributed by atoms with van der Waals surface area (Å²) in [6.07, 6.45) is 0.187. The molecule has 0 heterocycles. The van der Waals surface area contributed by atoms with Crippen LogP contribution in [0.5, 0.6) is 0 Å². The number of halogens is 2. The summed E-state index contributed by atoms with van der Waals surface area (Å²) in [5.74, 6) is -4.87. The SMILES string of the molecule is CC(=O)N[C@H](C(=O)N[C@@H](CCC(=O)O)C(=O)N[C@@H](CC1CCCCC1)C(=O)N[C@H](C=O)CC(F)F)C(c1ccccc1)c1ccccc1.